The van der Waals surface area contributed by atoms with Crippen LogP contribution in [0.4, 0.5) is 10.8 Å². The van der Waals surface area contributed by atoms with Gasteiger partial charge in [-0.1, -0.05) is 53.8 Å². The normalized spacial score (nSPS) is 11.3. The first-order valence-electron chi connectivity index (χ1n) is 9.73. The van der Waals surface area contributed by atoms with Gasteiger partial charge in [-0.2, -0.15) is 0 Å². The Kier molecular flexibility index (Phi) is 6.66. The van der Waals surface area contributed by atoms with E-state index < -0.39 is 10.0 Å². The molecule has 0 saturated heterocycles. The van der Waals surface area contributed by atoms with Crippen LogP contribution >= 0.6 is 23.6 Å². The van der Waals surface area contributed by atoms with E-state index in [1.54, 1.807) is 12.1 Å². The monoisotopic (exact) mass is 483 g/mol. The Morgan fingerprint density at radius 3 is 2.53 bits per heavy atom. The quantitative estimate of drug-likeness (QED) is 0.229. The number of benzene rings is 3. The molecule has 0 aliphatic carbocycles. The van der Waals surface area contributed by atoms with Crippen LogP contribution in [0.15, 0.2) is 77.7 Å². The minimum absolute atomic E-state index is 0.136. The van der Waals surface area contributed by atoms with Gasteiger partial charge in [-0.25, -0.2) is 13.4 Å². The standard InChI is InChI=1S/C22H21N5O2S3/c1-15-13-17(11-12-18(15)24-21(30)23-14-16-7-3-2-4-8-16)32(28,29)27-26-22-25-19-9-5-6-10-20(19)31-22/h2-13,27H,14H2,1H3,(H,25,26)(H2,23,24,30). The summed E-state index contributed by atoms with van der Waals surface area (Å²) in [6.45, 7) is 2.42. The van der Waals surface area contributed by atoms with Crippen LogP contribution in [-0.2, 0) is 16.6 Å². The van der Waals surface area contributed by atoms with Gasteiger partial charge >= 0.3 is 0 Å². The zero-order chi connectivity index (χ0) is 22.6. The van der Waals surface area contributed by atoms with Gasteiger partial charge in [0, 0.05) is 12.2 Å². The van der Waals surface area contributed by atoms with Gasteiger partial charge in [-0.05, 0) is 60.6 Å². The fraction of sp³-hybridized carbons (Fsp3) is 0.0909. The number of hydrogen-bond donors (Lipinski definition) is 4. The third kappa shape index (κ3) is 5.40. The third-order valence-corrected chi connectivity index (χ3v) is 7.08. The lowest BCUT2D eigenvalue weighted by Gasteiger charge is -2.14. The number of thiazole rings is 1. The number of anilines is 2. The van der Waals surface area contributed by atoms with E-state index in [0.29, 0.717) is 16.8 Å². The van der Waals surface area contributed by atoms with Gasteiger partial charge in [-0.3, -0.25) is 5.43 Å². The molecular weight excluding hydrogens is 462 g/mol. The number of rotatable bonds is 7. The molecule has 0 aliphatic rings. The van der Waals surface area contributed by atoms with E-state index in [-0.39, 0.29) is 4.90 Å². The average Bonchev–Trinajstić information content (AvgIpc) is 3.22. The number of nitrogens with one attached hydrogen (secondary N) is 4. The summed E-state index contributed by atoms with van der Waals surface area (Å²) < 4.78 is 26.4. The van der Waals surface area contributed by atoms with Crippen LogP contribution in [0.1, 0.15) is 11.1 Å². The highest BCUT2D eigenvalue weighted by Gasteiger charge is 2.16. The SMILES string of the molecule is Cc1cc(S(=O)(=O)NNc2nc3ccccc3s2)ccc1NC(=S)NCc1ccccc1. The predicted octanol–water partition coefficient (Wildman–Crippen LogP) is 4.40. The molecule has 0 atom stereocenters. The van der Waals surface area contributed by atoms with Gasteiger partial charge in [0.1, 0.15) is 0 Å². The molecule has 4 N–H and O–H groups in total. The van der Waals surface area contributed by atoms with Crippen molar-refractivity contribution < 1.29 is 8.42 Å². The van der Waals surface area contributed by atoms with Crippen LogP contribution in [0.3, 0.4) is 0 Å². The molecule has 0 amide bonds. The number of fused-ring (bicyclic) bond motifs is 1. The molecule has 0 spiro atoms. The highest BCUT2D eigenvalue weighted by atomic mass is 32.2. The molecule has 0 saturated carbocycles. The Bertz CT molecular complexity index is 1320. The van der Waals surface area contributed by atoms with Crippen molar-refractivity contribution in [1.29, 1.82) is 0 Å². The van der Waals surface area contributed by atoms with E-state index in [1.165, 1.54) is 17.4 Å². The van der Waals surface area contributed by atoms with E-state index in [1.807, 2.05) is 61.5 Å². The molecule has 3 aromatic carbocycles. The van der Waals surface area contributed by atoms with Crippen LogP contribution in [0, 0.1) is 6.92 Å². The first-order chi connectivity index (χ1) is 15.4. The summed E-state index contributed by atoms with van der Waals surface area (Å²) in [5, 5.41) is 7.19. The summed E-state index contributed by atoms with van der Waals surface area (Å²) in [7, 11) is -3.78. The number of para-hydroxylation sites is 1. The Labute approximate surface area is 195 Å². The summed E-state index contributed by atoms with van der Waals surface area (Å²) in [6, 6.07) is 22.3. The number of sulfonamides is 1. The maximum absolute atomic E-state index is 12.7. The van der Waals surface area contributed by atoms with Crippen LogP contribution < -0.4 is 20.9 Å². The number of thiocarbonyl (C=S) groups is 1. The molecule has 164 valence electrons. The zero-order valence-corrected chi connectivity index (χ0v) is 19.6. The number of hydrazine groups is 1. The maximum atomic E-state index is 12.7. The number of aryl methyl sites for hydroxylation is 1. The molecule has 4 rings (SSSR count). The molecule has 0 radical (unpaired) electrons. The second-order valence-electron chi connectivity index (χ2n) is 6.99. The fourth-order valence-electron chi connectivity index (χ4n) is 2.98. The predicted molar refractivity (Wildman–Crippen MR) is 134 cm³/mol. The van der Waals surface area contributed by atoms with Crippen LogP contribution in [0.5, 0.6) is 0 Å². The van der Waals surface area contributed by atoms with Crippen molar-refractivity contribution in [3.8, 4) is 0 Å². The minimum atomic E-state index is -3.78. The number of aromatic nitrogens is 1. The molecule has 1 aromatic heterocycles. The van der Waals surface area contributed by atoms with Crippen molar-refractivity contribution in [3.05, 3.63) is 83.9 Å². The lowest BCUT2D eigenvalue weighted by atomic mass is 10.2. The van der Waals surface area contributed by atoms with E-state index in [9.17, 15) is 8.42 Å². The second kappa shape index (κ2) is 9.61. The lowest BCUT2D eigenvalue weighted by molar-refractivity contribution is 0.587. The molecule has 0 aliphatic heterocycles. The first-order valence-corrected chi connectivity index (χ1v) is 12.4. The molecule has 1 heterocycles. The average molecular weight is 484 g/mol. The third-order valence-electron chi connectivity index (χ3n) is 4.64. The zero-order valence-electron chi connectivity index (χ0n) is 17.1. The highest BCUT2D eigenvalue weighted by molar-refractivity contribution is 7.89. The van der Waals surface area contributed by atoms with Crippen molar-refractivity contribution in [1.82, 2.24) is 15.1 Å². The van der Waals surface area contributed by atoms with Gasteiger partial charge in [0.2, 0.25) is 0 Å². The van der Waals surface area contributed by atoms with Gasteiger partial charge in [0.05, 0.1) is 15.1 Å². The van der Waals surface area contributed by atoms with E-state index in [2.05, 4.69) is 25.9 Å². The Morgan fingerprint density at radius 2 is 1.78 bits per heavy atom. The topological polar surface area (TPSA) is 95.2 Å². The van der Waals surface area contributed by atoms with Crippen molar-refractivity contribution in [2.24, 2.45) is 0 Å². The smallest absolute Gasteiger partial charge is 0.257 e. The number of hydrogen-bond acceptors (Lipinski definition) is 6. The summed E-state index contributed by atoms with van der Waals surface area (Å²) in [5.41, 5.74) is 6.09. The molecule has 10 heteroatoms. The van der Waals surface area contributed by atoms with E-state index >= 15 is 0 Å². The fourth-order valence-corrected chi connectivity index (χ4v) is 4.98. The summed E-state index contributed by atoms with van der Waals surface area (Å²) in [6.07, 6.45) is 0. The second-order valence-corrected chi connectivity index (χ2v) is 10.1. The highest BCUT2D eigenvalue weighted by Crippen LogP contribution is 2.25. The van der Waals surface area contributed by atoms with Crippen LogP contribution in [-0.4, -0.2) is 18.5 Å². The van der Waals surface area contributed by atoms with Crippen molar-refractivity contribution in [3.63, 3.8) is 0 Å². The summed E-state index contributed by atoms with van der Waals surface area (Å²) in [5.74, 6) is 0. The van der Waals surface area contributed by atoms with Gasteiger partial charge in [0.15, 0.2) is 10.2 Å². The van der Waals surface area contributed by atoms with Gasteiger partial charge in [-0.15, -0.1) is 4.83 Å². The van der Waals surface area contributed by atoms with Gasteiger partial charge < -0.3 is 10.6 Å². The molecule has 4 aromatic rings. The first kappa shape index (κ1) is 22.2. The molecular formula is C22H21N5O2S3. The molecule has 32 heavy (non-hydrogen) atoms. The van der Waals surface area contributed by atoms with Gasteiger partial charge in [0.25, 0.3) is 10.0 Å². The Morgan fingerprint density at radius 1 is 1.03 bits per heavy atom. The van der Waals surface area contributed by atoms with Crippen LogP contribution in [0.2, 0.25) is 0 Å². The van der Waals surface area contributed by atoms with Crippen LogP contribution in [0.25, 0.3) is 10.2 Å². The summed E-state index contributed by atoms with van der Waals surface area (Å²) >= 11 is 6.72. The Balaban J connectivity index is 1.38. The van der Waals surface area contributed by atoms with Crippen molar-refractivity contribution in [2.75, 3.05) is 10.7 Å². The largest absolute Gasteiger partial charge is 0.358 e. The van der Waals surface area contributed by atoms with Crippen molar-refractivity contribution in [2.45, 2.75) is 18.4 Å². The lowest BCUT2D eigenvalue weighted by Crippen LogP contribution is -2.30. The van der Waals surface area contributed by atoms with E-state index in [4.69, 9.17) is 12.2 Å². The summed E-state index contributed by atoms with van der Waals surface area (Å²) in [4.78, 5) is 6.89. The maximum Gasteiger partial charge on any atom is 0.257 e. The molecule has 7 nitrogen and oxygen atoms in total. The molecule has 0 bridgehead atoms. The minimum Gasteiger partial charge on any atom is -0.358 e. The van der Waals surface area contributed by atoms with E-state index in [0.717, 1.165) is 27.0 Å². The van der Waals surface area contributed by atoms with Crippen molar-refractivity contribution >= 4 is 59.7 Å². The Hall–Kier alpha value is -3.05. The molecule has 0 fully saturated rings. The molecule has 0 unspecified atom stereocenters. The number of nitrogens with zero attached hydrogens (tertiary/aromatic N) is 1.